The maximum Gasteiger partial charge on any atom is 0.601 e. The molecule has 4 aliphatic rings. The smallest absolute Gasteiger partial charge is 0.497 e. The SMILES string of the molecule is COc1cc(C23CC4CC(CC(C4)C2)C3)c2oc(=O)[n+](C)cc2c1. The summed E-state index contributed by atoms with van der Waals surface area (Å²) >= 11 is 0. The monoisotopic (exact) mass is 326 g/mol. The minimum atomic E-state index is -0.293. The van der Waals surface area contributed by atoms with Crippen molar-refractivity contribution in [1.29, 1.82) is 0 Å². The number of fused-ring (bicyclic) bond motifs is 1. The van der Waals surface area contributed by atoms with Crippen LogP contribution < -0.4 is 15.1 Å². The fourth-order valence-electron chi connectivity index (χ4n) is 6.21. The van der Waals surface area contributed by atoms with Crippen molar-refractivity contribution < 1.29 is 13.7 Å². The van der Waals surface area contributed by atoms with Crippen LogP contribution in [0, 0.1) is 17.8 Å². The fourth-order valence-corrected chi connectivity index (χ4v) is 6.21. The van der Waals surface area contributed by atoms with Gasteiger partial charge < -0.3 is 9.15 Å². The Kier molecular flexibility index (Phi) is 2.92. The van der Waals surface area contributed by atoms with Crippen LogP contribution in [0.4, 0.5) is 0 Å². The summed E-state index contributed by atoms with van der Waals surface area (Å²) in [6.45, 7) is 0. The Hall–Kier alpha value is -1.84. The Balaban J connectivity index is 1.76. The third-order valence-electron chi connectivity index (χ3n) is 6.75. The molecule has 2 aromatic rings. The van der Waals surface area contributed by atoms with Crippen molar-refractivity contribution in [3.05, 3.63) is 34.4 Å². The molecule has 0 unspecified atom stereocenters. The summed E-state index contributed by atoms with van der Waals surface area (Å²) in [6, 6.07) is 4.11. The van der Waals surface area contributed by atoms with Gasteiger partial charge in [-0.2, -0.15) is 4.79 Å². The first-order valence-corrected chi connectivity index (χ1v) is 9.08. The van der Waals surface area contributed by atoms with E-state index < -0.39 is 0 Å². The van der Waals surface area contributed by atoms with Crippen molar-refractivity contribution in [3.63, 3.8) is 0 Å². The second-order valence-corrected chi connectivity index (χ2v) is 8.40. The maximum absolute atomic E-state index is 12.1. The van der Waals surface area contributed by atoms with Crippen molar-refractivity contribution >= 4 is 11.0 Å². The number of aromatic nitrogens is 1. The lowest BCUT2D eigenvalue weighted by Gasteiger charge is -2.57. The Labute approximate surface area is 141 Å². The molecule has 1 heterocycles. The van der Waals surface area contributed by atoms with Crippen LogP contribution in [0.2, 0.25) is 0 Å². The zero-order valence-corrected chi connectivity index (χ0v) is 14.4. The average Bonchev–Trinajstić information content (AvgIpc) is 2.53. The topological polar surface area (TPSA) is 43.3 Å². The van der Waals surface area contributed by atoms with Crippen LogP contribution in [0.5, 0.6) is 5.75 Å². The Bertz CT molecular complexity index is 847. The van der Waals surface area contributed by atoms with E-state index in [1.54, 1.807) is 14.2 Å². The summed E-state index contributed by atoms with van der Waals surface area (Å²) in [5, 5.41) is 0.960. The summed E-state index contributed by atoms with van der Waals surface area (Å²) in [6.07, 6.45) is 9.80. The van der Waals surface area contributed by atoms with Crippen LogP contribution in [-0.2, 0) is 12.5 Å². The Morgan fingerprint density at radius 3 is 2.33 bits per heavy atom. The number of rotatable bonds is 2. The van der Waals surface area contributed by atoms with Gasteiger partial charge in [0.25, 0.3) is 0 Å². The van der Waals surface area contributed by atoms with Crippen LogP contribution in [0.1, 0.15) is 44.1 Å². The average molecular weight is 326 g/mol. The standard InChI is InChI=1S/C20H24NO3/c1-21-11-15-6-16(23-2)7-17(18(15)24-19(21)22)20-8-12-3-13(9-20)5-14(4-12)10-20/h6-7,11-14H,3-5,8-10H2,1-2H3/q+1. The van der Waals surface area contributed by atoms with E-state index in [1.807, 2.05) is 12.3 Å². The van der Waals surface area contributed by atoms with Gasteiger partial charge in [0.05, 0.1) is 12.5 Å². The van der Waals surface area contributed by atoms with E-state index in [1.165, 1.54) is 48.7 Å². The molecular formula is C20H24NO3+. The zero-order valence-electron chi connectivity index (χ0n) is 14.4. The molecule has 24 heavy (non-hydrogen) atoms. The largest absolute Gasteiger partial charge is 0.601 e. The molecule has 126 valence electrons. The van der Waals surface area contributed by atoms with Gasteiger partial charge in [-0.25, -0.2) is 0 Å². The summed E-state index contributed by atoms with van der Waals surface area (Å²) < 4.78 is 12.8. The van der Waals surface area contributed by atoms with Crippen molar-refractivity contribution in [1.82, 2.24) is 0 Å². The molecule has 0 saturated heterocycles. The normalized spacial score (nSPS) is 34.0. The molecule has 0 spiro atoms. The van der Waals surface area contributed by atoms with E-state index >= 15 is 0 Å². The quantitative estimate of drug-likeness (QED) is 0.797. The lowest BCUT2D eigenvalue weighted by atomic mass is 9.48. The van der Waals surface area contributed by atoms with Gasteiger partial charge >= 0.3 is 5.76 Å². The van der Waals surface area contributed by atoms with Crippen LogP contribution in [0.15, 0.2) is 27.5 Å². The predicted octanol–water partition coefficient (Wildman–Crippen LogP) is 3.09. The summed E-state index contributed by atoms with van der Waals surface area (Å²) in [4.78, 5) is 12.1. The predicted molar refractivity (Wildman–Crippen MR) is 90.1 cm³/mol. The molecule has 4 saturated carbocycles. The van der Waals surface area contributed by atoms with Gasteiger partial charge in [0.15, 0.2) is 11.8 Å². The third kappa shape index (κ3) is 1.98. The van der Waals surface area contributed by atoms with E-state index in [2.05, 4.69) is 6.07 Å². The molecule has 4 aliphatic carbocycles. The minimum absolute atomic E-state index is 0.178. The molecule has 4 heteroatoms. The van der Waals surface area contributed by atoms with Crippen molar-refractivity contribution in [2.45, 2.75) is 43.9 Å². The molecule has 1 aromatic carbocycles. The molecule has 0 atom stereocenters. The second kappa shape index (κ2) is 4.84. The first-order valence-electron chi connectivity index (χ1n) is 9.08. The number of methoxy groups -OCH3 is 1. The fraction of sp³-hybridized carbons (Fsp3) is 0.600. The number of ether oxygens (including phenoxy) is 1. The van der Waals surface area contributed by atoms with E-state index in [4.69, 9.17) is 9.15 Å². The Morgan fingerprint density at radius 2 is 1.75 bits per heavy atom. The van der Waals surface area contributed by atoms with E-state index in [9.17, 15) is 4.79 Å². The summed E-state index contributed by atoms with van der Waals surface area (Å²) in [5.41, 5.74) is 2.17. The van der Waals surface area contributed by atoms with Gasteiger partial charge in [-0.1, -0.05) is 0 Å². The highest BCUT2D eigenvalue weighted by atomic mass is 16.5. The van der Waals surface area contributed by atoms with Gasteiger partial charge in [0.2, 0.25) is 0 Å². The highest BCUT2D eigenvalue weighted by Gasteiger charge is 2.52. The van der Waals surface area contributed by atoms with Crippen LogP contribution in [0.25, 0.3) is 11.0 Å². The lowest BCUT2D eigenvalue weighted by Crippen LogP contribution is -2.49. The van der Waals surface area contributed by atoms with Crippen LogP contribution in [-0.4, -0.2) is 7.11 Å². The summed E-state index contributed by atoms with van der Waals surface area (Å²) in [7, 11) is 3.44. The molecule has 0 radical (unpaired) electrons. The molecule has 4 nitrogen and oxygen atoms in total. The number of aryl methyl sites for hydroxylation is 1. The molecule has 0 aliphatic heterocycles. The molecule has 0 N–H and O–H groups in total. The Morgan fingerprint density at radius 1 is 1.12 bits per heavy atom. The van der Waals surface area contributed by atoms with Gasteiger partial charge in [-0.15, -0.1) is 4.57 Å². The molecule has 0 amide bonds. The highest BCUT2D eigenvalue weighted by Crippen LogP contribution is 2.61. The van der Waals surface area contributed by atoms with Gasteiger partial charge in [-0.3, -0.25) is 0 Å². The molecule has 4 bridgehead atoms. The summed E-state index contributed by atoms with van der Waals surface area (Å²) in [5.74, 6) is 3.12. The number of hydrogen-bond donors (Lipinski definition) is 0. The number of benzene rings is 1. The van der Waals surface area contributed by atoms with Crippen molar-refractivity contribution in [3.8, 4) is 5.75 Å². The van der Waals surface area contributed by atoms with E-state index in [-0.39, 0.29) is 11.2 Å². The molecular weight excluding hydrogens is 302 g/mol. The van der Waals surface area contributed by atoms with Crippen molar-refractivity contribution in [2.75, 3.05) is 7.11 Å². The van der Waals surface area contributed by atoms with Crippen LogP contribution >= 0.6 is 0 Å². The first-order chi connectivity index (χ1) is 11.6. The van der Waals surface area contributed by atoms with E-state index in [0.717, 1.165) is 34.5 Å². The molecule has 4 fully saturated rings. The molecule has 1 aromatic heterocycles. The third-order valence-corrected chi connectivity index (χ3v) is 6.75. The van der Waals surface area contributed by atoms with E-state index in [0.29, 0.717) is 0 Å². The maximum atomic E-state index is 12.1. The molecule has 6 rings (SSSR count). The first kappa shape index (κ1) is 14.5. The lowest BCUT2D eigenvalue weighted by molar-refractivity contribution is -0.696. The van der Waals surface area contributed by atoms with Gasteiger partial charge in [0, 0.05) is 5.56 Å². The zero-order chi connectivity index (χ0) is 16.5. The highest BCUT2D eigenvalue weighted by molar-refractivity contribution is 5.81. The number of nitrogens with zero attached hydrogens (tertiary/aromatic N) is 1. The van der Waals surface area contributed by atoms with Gasteiger partial charge in [-0.05, 0) is 73.8 Å². The second-order valence-electron chi connectivity index (χ2n) is 8.40. The van der Waals surface area contributed by atoms with Gasteiger partial charge in [0.1, 0.15) is 12.8 Å². The number of hydrogen-bond acceptors (Lipinski definition) is 3. The van der Waals surface area contributed by atoms with Crippen molar-refractivity contribution in [2.24, 2.45) is 24.8 Å². The van der Waals surface area contributed by atoms with Crippen LogP contribution in [0.3, 0.4) is 0 Å². The minimum Gasteiger partial charge on any atom is -0.497 e.